The molecule has 0 amide bonds. The SMILES string of the molecule is Cc1cc(C)c2c(c1)C1CC3(C)CCCCC3(C)c3cc(-c4ccccc4)cc(c31)B2c1oc2cc3c(cc2c1C(C)c1ccc(C(C)(C)C)cc1-c1ccccc1)C(C)(C)CCC3(C)C. The minimum absolute atomic E-state index is 0.0160. The fourth-order valence-corrected chi connectivity index (χ4v) is 14.1. The average molecular weight is 867 g/mol. The highest BCUT2D eigenvalue weighted by atomic mass is 16.3. The second kappa shape index (κ2) is 15.0. The number of furan rings is 1. The van der Waals surface area contributed by atoms with E-state index in [1.807, 2.05) is 0 Å². The Morgan fingerprint density at radius 2 is 1.30 bits per heavy atom. The van der Waals surface area contributed by atoms with Gasteiger partial charge in [-0.15, -0.1) is 0 Å². The van der Waals surface area contributed by atoms with E-state index in [-0.39, 0.29) is 39.7 Å². The zero-order chi connectivity index (χ0) is 46.3. The van der Waals surface area contributed by atoms with Gasteiger partial charge in [-0.05, 0) is 152 Å². The van der Waals surface area contributed by atoms with Gasteiger partial charge in [-0.3, -0.25) is 0 Å². The van der Waals surface area contributed by atoms with Crippen LogP contribution >= 0.6 is 0 Å². The molecule has 4 unspecified atom stereocenters. The van der Waals surface area contributed by atoms with Crippen LogP contribution in [0.25, 0.3) is 33.2 Å². The summed E-state index contributed by atoms with van der Waals surface area (Å²) in [7, 11) is 0. The van der Waals surface area contributed by atoms with E-state index in [1.165, 1.54) is 128 Å². The molecule has 1 saturated carbocycles. The van der Waals surface area contributed by atoms with E-state index in [0.717, 1.165) is 11.2 Å². The van der Waals surface area contributed by atoms with Gasteiger partial charge in [0.15, 0.2) is 0 Å². The van der Waals surface area contributed by atoms with Crippen LogP contribution in [-0.4, -0.2) is 6.71 Å². The summed E-state index contributed by atoms with van der Waals surface area (Å²) >= 11 is 0. The van der Waals surface area contributed by atoms with Gasteiger partial charge in [-0.2, -0.15) is 0 Å². The van der Waals surface area contributed by atoms with Gasteiger partial charge in [0.25, 0.3) is 6.71 Å². The molecule has 7 aromatic rings. The molecule has 1 aliphatic heterocycles. The van der Waals surface area contributed by atoms with Gasteiger partial charge in [0.2, 0.25) is 0 Å². The van der Waals surface area contributed by atoms with Crippen molar-refractivity contribution < 1.29 is 4.42 Å². The first-order valence-corrected chi connectivity index (χ1v) is 25.5. The van der Waals surface area contributed by atoms with Gasteiger partial charge in [-0.1, -0.05) is 207 Å². The van der Waals surface area contributed by atoms with Crippen LogP contribution in [0.1, 0.15) is 182 Å². The summed E-state index contributed by atoms with van der Waals surface area (Å²) in [5, 5.41) is 1.29. The Kier molecular flexibility index (Phi) is 9.86. The smallest absolute Gasteiger partial charge is 0.289 e. The van der Waals surface area contributed by atoms with Crippen LogP contribution in [0, 0.1) is 19.3 Å². The molecule has 11 rings (SSSR count). The van der Waals surface area contributed by atoms with Crippen molar-refractivity contribution >= 4 is 34.3 Å². The Morgan fingerprint density at radius 3 is 1.98 bits per heavy atom. The summed E-state index contributed by atoms with van der Waals surface area (Å²) < 4.78 is 7.86. The fourth-order valence-electron chi connectivity index (χ4n) is 14.1. The molecule has 2 heteroatoms. The van der Waals surface area contributed by atoms with Gasteiger partial charge >= 0.3 is 0 Å². The summed E-state index contributed by atoms with van der Waals surface area (Å²) in [4.78, 5) is 0. The lowest BCUT2D eigenvalue weighted by Crippen LogP contribution is -2.62. The molecule has 4 aliphatic rings. The maximum Gasteiger partial charge on any atom is 0.289 e. The molecule has 0 spiro atoms. The first-order chi connectivity index (χ1) is 31.3. The molecule has 66 heavy (non-hydrogen) atoms. The normalized spacial score (nSPS) is 23.2. The van der Waals surface area contributed by atoms with E-state index in [2.05, 4.69) is 198 Å². The van der Waals surface area contributed by atoms with Crippen molar-refractivity contribution in [2.24, 2.45) is 5.41 Å². The first kappa shape index (κ1) is 43.5. The highest BCUT2D eigenvalue weighted by molar-refractivity contribution is 6.96. The van der Waals surface area contributed by atoms with E-state index in [4.69, 9.17) is 4.42 Å². The number of hydrogen-bond donors (Lipinski definition) is 0. The van der Waals surface area contributed by atoms with Crippen LogP contribution in [0.15, 0.2) is 120 Å². The zero-order valence-corrected chi connectivity index (χ0v) is 42.1. The van der Waals surface area contributed by atoms with Crippen molar-refractivity contribution in [3.63, 3.8) is 0 Å². The summed E-state index contributed by atoms with van der Waals surface area (Å²) in [6.45, 7) is 29.3. The third-order valence-electron chi connectivity index (χ3n) is 18.3. The van der Waals surface area contributed by atoms with Crippen LogP contribution in [0.2, 0.25) is 0 Å². The van der Waals surface area contributed by atoms with E-state index in [0.29, 0.717) is 5.92 Å². The molecule has 336 valence electrons. The lowest BCUT2D eigenvalue weighted by molar-refractivity contribution is 0.0604. The van der Waals surface area contributed by atoms with E-state index < -0.39 is 0 Å². The third kappa shape index (κ3) is 6.54. The van der Waals surface area contributed by atoms with E-state index in [9.17, 15) is 0 Å². The molecule has 6 aromatic carbocycles. The van der Waals surface area contributed by atoms with Crippen molar-refractivity contribution in [1.29, 1.82) is 0 Å². The van der Waals surface area contributed by atoms with Crippen molar-refractivity contribution in [1.82, 2.24) is 0 Å². The summed E-state index contributed by atoms with van der Waals surface area (Å²) in [5.41, 5.74) is 25.3. The van der Waals surface area contributed by atoms with E-state index in [1.54, 1.807) is 11.1 Å². The van der Waals surface area contributed by atoms with Gasteiger partial charge in [0.05, 0.1) is 5.66 Å². The Hall–Kier alpha value is -5.08. The van der Waals surface area contributed by atoms with Crippen molar-refractivity contribution in [3.8, 4) is 22.3 Å². The van der Waals surface area contributed by atoms with Crippen LogP contribution in [0.4, 0.5) is 0 Å². The molecule has 1 aromatic heterocycles. The quantitative estimate of drug-likeness (QED) is 0.157. The molecule has 4 atom stereocenters. The standard InChI is InChI=1S/C64H71BO/c1-39-31-40(2)58-48(32-39)50-38-63(11)27-19-20-28-64(63,12)53-33-44(42-21-15-13-16-22-42)34-54(57(50)53)65(58)59-56(49-36-51-52(37-55(49)66-59)62(9,10)30-29-61(51,7)8)41(3)46-26-25-45(60(4,5)6)35-47(46)43-23-17-14-18-24-43/h13-18,21-26,31-37,41,50H,19-20,27-30,38H2,1-12H3. The molecule has 0 bridgehead atoms. The third-order valence-corrected chi connectivity index (χ3v) is 18.3. The zero-order valence-electron chi connectivity index (χ0n) is 42.1. The summed E-state index contributed by atoms with van der Waals surface area (Å²) in [5.74, 6) is 0.386. The number of fused-ring (bicyclic) bond motifs is 6. The average Bonchev–Trinajstić information content (AvgIpc) is 3.66. The van der Waals surface area contributed by atoms with Crippen molar-refractivity contribution in [3.05, 3.63) is 171 Å². The Morgan fingerprint density at radius 1 is 0.652 bits per heavy atom. The van der Waals surface area contributed by atoms with E-state index >= 15 is 0 Å². The molecule has 2 heterocycles. The second-order valence-corrected chi connectivity index (χ2v) is 24.4. The molecule has 1 fully saturated rings. The molecular weight excluding hydrogens is 796 g/mol. The second-order valence-electron chi connectivity index (χ2n) is 24.4. The highest BCUT2D eigenvalue weighted by Crippen LogP contribution is 2.62. The molecule has 3 aliphatic carbocycles. The summed E-state index contributed by atoms with van der Waals surface area (Å²) in [6.07, 6.45) is 8.67. The number of benzene rings is 6. The lowest BCUT2D eigenvalue weighted by Gasteiger charge is -2.58. The molecule has 0 radical (unpaired) electrons. The highest BCUT2D eigenvalue weighted by Gasteiger charge is 2.56. The molecule has 0 saturated heterocycles. The minimum atomic E-state index is -0.0669. The summed E-state index contributed by atoms with van der Waals surface area (Å²) in [6, 6.07) is 45.2. The monoisotopic (exact) mass is 867 g/mol. The van der Waals surface area contributed by atoms with Crippen LogP contribution in [-0.2, 0) is 21.7 Å². The topological polar surface area (TPSA) is 13.1 Å². The fraction of sp³-hybridized carbons (Fsp3) is 0.406. The number of hydrogen-bond acceptors (Lipinski definition) is 1. The predicted molar refractivity (Wildman–Crippen MR) is 282 cm³/mol. The minimum Gasteiger partial charge on any atom is -0.470 e. The number of rotatable bonds is 5. The van der Waals surface area contributed by atoms with Gasteiger partial charge < -0.3 is 4.42 Å². The largest absolute Gasteiger partial charge is 0.470 e. The van der Waals surface area contributed by atoms with Gasteiger partial charge in [-0.25, -0.2) is 0 Å². The Labute approximate surface area is 396 Å². The predicted octanol–water partition coefficient (Wildman–Crippen LogP) is 15.4. The maximum absolute atomic E-state index is 7.86. The van der Waals surface area contributed by atoms with Crippen LogP contribution < -0.4 is 16.6 Å². The lowest BCUT2D eigenvalue weighted by atomic mass is 9.31. The van der Waals surface area contributed by atoms with Gasteiger partial charge in [0, 0.05) is 17.2 Å². The van der Waals surface area contributed by atoms with Crippen molar-refractivity contribution in [2.75, 3.05) is 0 Å². The first-order valence-electron chi connectivity index (χ1n) is 25.5. The number of aryl methyl sites for hydroxylation is 2. The van der Waals surface area contributed by atoms with Crippen molar-refractivity contribution in [2.45, 2.75) is 162 Å². The van der Waals surface area contributed by atoms with Crippen LogP contribution in [0.5, 0.6) is 0 Å². The van der Waals surface area contributed by atoms with Gasteiger partial charge in [0.1, 0.15) is 5.58 Å². The molecule has 1 nitrogen and oxygen atoms in total. The Balaban J connectivity index is 1.27. The maximum atomic E-state index is 7.86. The molecule has 0 N–H and O–H groups in total. The molecular formula is C64H71BO. The van der Waals surface area contributed by atoms with Crippen LogP contribution in [0.3, 0.4) is 0 Å². The Bertz CT molecular complexity index is 3060.